The van der Waals surface area contributed by atoms with Crippen LogP contribution >= 0.6 is 0 Å². The Morgan fingerprint density at radius 1 is 1.21 bits per heavy atom. The van der Waals surface area contributed by atoms with Crippen LogP contribution in [0.15, 0.2) is 47.7 Å². The van der Waals surface area contributed by atoms with E-state index in [4.69, 9.17) is 0 Å². The summed E-state index contributed by atoms with van der Waals surface area (Å²) < 4.78 is 82.9. The molecule has 2 aromatic rings. The number of hydrogen-bond donors (Lipinski definition) is 1. The van der Waals surface area contributed by atoms with Crippen molar-refractivity contribution in [2.45, 2.75) is 44.8 Å². The average molecular weight is 496 g/mol. The number of fused-ring (bicyclic) bond motifs is 4. The van der Waals surface area contributed by atoms with Gasteiger partial charge in [0.05, 0.1) is 29.8 Å². The summed E-state index contributed by atoms with van der Waals surface area (Å²) in [5.41, 5.74) is 4.00. The lowest BCUT2D eigenvalue weighted by Gasteiger charge is -2.51. The van der Waals surface area contributed by atoms with Gasteiger partial charge in [0.2, 0.25) is 10.0 Å². The summed E-state index contributed by atoms with van der Waals surface area (Å²) in [5.74, 6) is -2.64. The largest absolute Gasteiger partial charge is 0.393 e. The molecule has 1 fully saturated rings. The maximum Gasteiger partial charge on any atom is 0.393 e. The molecule has 0 radical (unpaired) electrons. The number of alkyl halides is 3. The predicted octanol–water partition coefficient (Wildman–Crippen LogP) is 4.79. The first-order chi connectivity index (χ1) is 15.9. The summed E-state index contributed by atoms with van der Waals surface area (Å²) in [7, 11) is -3.83. The lowest BCUT2D eigenvalue weighted by atomic mass is 9.55. The summed E-state index contributed by atoms with van der Waals surface area (Å²) >= 11 is 0. The summed E-state index contributed by atoms with van der Waals surface area (Å²) in [4.78, 5) is 0. The SMILES string of the molecule is C[C@]12Cc3cnn(-c4ccc(F)cc4)c3C=C1CCC1C2=CC[C@@H](C(F)(F)F)[C@@H]1NS(C)(=O)=O. The third-order valence-electron chi connectivity index (χ3n) is 7.51. The molecule has 0 amide bonds. The van der Waals surface area contributed by atoms with E-state index in [1.54, 1.807) is 29.1 Å². The van der Waals surface area contributed by atoms with Crippen molar-refractivity contribution in [1.29, 1.82) is 0 Å². The minimum absolute atomic E-state index is 0.257. The van der Waals surface area contributed by atoms with Gasteiger partial charge in [-0.2, -0.15) is 18.3 Å². The number of sulfonamides is 1. The van der Waals surface area contributed by atoms with Crippen LogP contribution in [-0.4, -0.2) is 36.7 Å². The standard InChI is InChI=1S/C24H25F4N3O2S/c1-23-12-14-13-29-31(17-6-4-16(25)5-7-17)21(14)11-15(23)3-8-18-19(23)9-10-20(24(26,27)28)22(18)30-34(2,32)33/h4-7,9,11,13,18,20,22,30H,3,8,10,12H2,1-2H3/t18?,20-,22-,23+/m1/s1. The second-order valence-electron chi connectivity index (χ2n) is 9.73. The molecule has 0 bridgehead atoms. The fourth-order valence-corrected chi connectivity index (χ4v) is 6.80. The van der Waals surface area contributed by atoms with Crippen molar-refractivity contribution in [3.8, 4) is 5.69 Å². The number of hydrogen-bond acceptors (Lipinski definition) is 3. The average Bonchev–Trinajstić information content (AvgIpc) is 3.13. The third kappa shape index (κ3) is 3.90. The molecule has 0 saturated heterocycles. The Morgan fingerprint density at radius 2 is 1.91 bits per heavy atom. The molecule has 4 atom stereocenters. The zero-order chi connectivity index (χ0) is 24.5. The Kier molecular flexibility index (Phi) is 5.33. The maximum atomic E-state index is 13.8. The second-order valence-corrected chi connectivity index (χ2v) is 11.5. The molecule has 5 nitrogen and oxygen atoms in total. The lowest BCUT2D eigenvalue weighted by Crippen LogP contribution is -2.55. The van der Waals surface area contributed by atoms with Gasteiger partial charge in [-0.25, -0.2) is 22.2 Å². The van der Waals surface area contributed by atoms with Crippen LogP contribution in [0.25, 0.3) is 11.8 Å². The van der Waals surface area contributed by atoms with Gasteiger partial charge in [0.1, 0.15) is 5.82 Å². The Labute approximate surface area is 195 Å². The highest BCUT2D eigenvalue weighted by Gasteiger charge is 2.54. The van der Waals surface area contributed by atoms with Crippen LogP contribution in [0, 0.1) is 23.1 Å². The normalized spacial score (nSPS) is 28.9. The van der Waals surface area contributed by atoms with Crippen molar-refractivity contribution in [2.24, 2.45) is 17.3 Å². The number of benzene rings is 1. The van der Waals surface area contributed by atoms with Crippen molar-refractivity contribution < 1.29 is 26.0 Å². The van der Waals surface area contributed by atoms with Gasteiger partial charge < -0.3 is 0 Å². The van der Waals surface area contributed by atoms with Crippen LogP contribution in [0.2, 0.25) is 0 Å². The number of nitrogens with one attached hydrogen (secondary N) is 1. The van der Waals surface area contributed by atoms with E-state index in [1.165, 1.54) is 12.1 Å². The van der Waals surface area contributed by atoms with Crippen LogP contribution < -0.4 is 4.72 Å². The van der Waals surface area contributed by atoms with Crippen LogP contribution in [0.1, 0.15) is 37.4 Å². The van der Waals surface area contributed by atoms with Gasteiger partial charge in [0, 0.05) is 11.5 Å². The quantitative estimate of drug-likeness (QED) is 0.492. The van der Waals surface area contributed by atoms with Gasteiger partial charge in [0.15, 0.2) is 0 Å². The third-order valence-corrected chi connectivity index (χ3v) is 8.21. The molecule has 1 aromatic heterocycles. The van der Waals surface area contributed by atoms with E-state index in [0.29, 0.717) is 19.3 Å². The number of rotatable bonds is 3. The molecule has 10 heteroatoms. The van der Waals surface area contributed by atoms with Gasteiger partial charge in [-0.05, 0) is 67.5 Å². The Morgan fingerprint density at radius 3 is 2.56 bits per heavy atom. The molecule has 1 heterocycles. The molecule has 3 aliphatic carbocycles. The van der Waals surface area contributed by atoms with Crippen molar-refractivity contribution in [1.82, 2.24) is 14.5 Å². The monoisotopic (exact) mass is 495 g/mol. The molecule has 1 N–H and O–H groups in total. The van der Waals surface area contributed by atoms with Crippen LogP contribution in [0.4, 0.5) is 17.6 Å². The highest BCUT2D eigenvalue weighted by Crippen LogP contribution is 2.57. The molecule has 182 valence electrons. The first-order valence-corrected chi connectivity index (χ1v) is 13.0. The lowest BCUT2D eigenvalue weighted by molar-refractivity contribution is -0.185. The van der Waals surface area contributed by atoms with E-state index < -0.39 is 39.5 Å². The molecule has 1 unspecified atom stereocenters. The van der Waals surface area contributed by atoms with Gasteiger partial charge in [0.25, 0.3) is 0 Å². The van der Waals surface area contributed by atoms with E-state index in [2.05, 4.69) is 9.82 Å². The highest BCUT2D eigenvalue weighted by atomic mass is 32.2. The highest BCUT2D eigenvalue weighted by molar-refractivity contribution is 7.88. The van der Waals surface area contributed by atoms with E-state index in [0.717, 1.165) is 34.3 Å². The molecule has 1 aromatic carbocycles. The maximum absolute atomic E-state index is 13.8. The first-order valence-electron chi connectivity index (χ1n) is 11.2. The van der Waals surface area contributed by atoms with Crippen LogP contribution in [0.3, 0.4) is 0 Å². The predicted molar refractivity (Wildman–Crippen MR) is 120 cm³/mol. The van der Waals surface area contributed by atoms with Gasteiger partial charge in [-0.1, -0.05) is 24.1 Å². The van der Waals surface area contributed by atoms with Gasteiger partial charge in [-0.3, -0.25) is 0 Å². The minimum atomic E-state index is -4.50. The van der Waals surface area contributed by atoms with Crippen molar-refractivity contribution in [2.75, 3.05) is 6.26 Å². The van der Waals surface area contributed by atoms with E-state index in [1.807, 2.05) is 13.0 Å². The smallest absolute Gasteiger partial charge is 0.233 e. The minimum Gasteiger partial charge on any atom is -0.233 e. The molecule has 1 saturated carbocycles. The number of allylic oxidation sites excluding steroid dienone is 2. The Hall–Kier alpha value is -2.46. The number of aromatic nitrogens is 2. The summed E-state index contributed by atoms with van der Waals surface area (Å²) in [6.45, 7) is 2.03. The molecule has 5 rings (SSSR count). The first kappa shape index (κ1) is 23.3. The summed E-state index contributed by atoms with van der Waals surface area (Å²) in [6.07, 6.45) is 3.16. The molecule has 3 aliphatic rings. The molecule has 0 aliphatic heterocycles. The molecular formula is C24H25F4N3O2S. The van der Waals surface area contributed by atoms with Crippen LogP contribution in [-0.2, 0) is 16.4 Å². The Balaban J connectivity index is 1.54. The zero-order valence-electron chi connectivity index (χ0n) is 18.7. The van der Waals surface area contributed by atoms with Crippen molar-refractivity contribution in [3.05, 3.63) is 64.8 Å². The van der Waals surface area contributed by atoms with Crippen molar-refractivity contribution in [3.63, 3.8) is 0 Å². The fraction of sp³-hybridized carbons (Fsp3) is 0.458. The topological polar surface area (TPSA) is 64.0 Å². The molecule has 0 spiro atoms. The number of halogens is 4. The van der Waals surface area contributed by atoms with E-state index >= 15 is 0 Å². The molecular weight excluding hydrogens is 470 g/mol. The molecule has 34 heavy (non-hydrogen) atoms. The van der Waals surface area contributed by atoms with Crippen molar-refractivity contribution >= 4 is 16.1 Å². The van der Waals surface area contributed by atoms with Gasteiger partial charge in [-0.15, -0.1) is 0 Å². The number of nitrogens with zero attached hydrogens (tertiary/aromatic N) is 2. The fourth-order valence-electron chi connectivity index (χ4n) is 5.98. The summed E-state index contributed by atoms with van der Waals surface area (Å²) in [5, 5.41) is 4.49. The van der Waals surface area contributed by atoms with Gasteiger partial charge >= 0.3 is 6.18 Å². The Bertz CT molecular complexity index is 1290. The summed E-state index contributed by atoms with van der Waals surface area (Å²) in [6, 6.07) is 4.81. The van der Waals surface area contributed by atoms with Crippen LogP contribution in [0.5, 0.6) is 0 Å². The van der Waals surface area contributed by atoms with E-state index in [-0.39, 0.29) is 12.2 Å². The van der Waals surface area contributed by atoms with E-state index in [9.17, 15) is 26.0 Å². The second kappa shape index (κ2) is 7.78. The zero-order valence-corrected chi connectivity index (χ0v) is 19.5.